The van der Waals surface area contributed by atoms with Crippen LogP contribution >= 0.6 is 11.6 Å². The molecule has 0 saturated carbocycles. The maximum atomic E-state index is 12.9. The number of rotatable bonds is 5. The highest BCUT2D eigenvalue weighted by atomic mass is 35.5. The molecule has 1 aliphatic heterocycles. The SMILES string of the molecule is CC(=O)NC(CC(=O)N1CCc2ccc([N+](=O)[O-])cc21)c1ccc(Cl)cc1. The molecule has 8 heteroatoms. The molecule has 0 radical (unpaired) electrons. The summed E-state index contributed by atoms with van der Waals surface area (Å²) < 4.78 is 0. The number of non-ortho nitro benzene ring substituents is 1. The second-order valence-corrected chi connectivity index (χ2v) is 6.81. The third-order valence-corrected chi connectivity index (χ3v) is 4.76. The molecule has 3 rings (SSSR count). The van der Waals surface area contributed by atoms with Gasteiger partial charge in [0.05, 0.1) is 23.1 Å². The van der Waals surface area contributed by atoms with Crippen molar-refractivity contribution in [3.05, 3.63) is 68.7 Å². The number of nitro benzene ring substituents is 1. The molecule has 0 saturated heterocycles. The molecular formula is C19H18ClN3O4. The Hall–Kier alpha value is -2.93. The number of nitro groups is 1. The van der Waals surface area contributed by atoms with E-state index in [1.165, 1.54) is 19.1 Å². The fraction of sp³-hybridized carbons (Fsp3) is 0.263. The molecule has 1 aliphatic rings. The molecule has 0 aliphatic carbocycles. The Morgan fingerprint density at radius 1 is 1.26 bits per heavy atom. The Morgan fingerprint density at radius 3 is 2.59 bits per heavy atom. The summed E-state index contributed by atoms with van der Waals surface area (Å²) in [6, 6.07) is 11.0. The summed E-state index contributed by atoms with van der Waals surface area (Å²) >= 11 is 5.91. The van der Waals surface area contributed by atoms with E-state index < -0.39 is 11.0 Å². The third kappa shape index (κ3) is 4.25. The van der Waals surface area contributed by atoms with E-state index in [9.17, 15) is 19.7 Å². The normalized spacial score (nSPS) is 13.8. The molecule has 2 aromatic carbocycles. The number of hydrogen-bond donors (Lipinski definition) is 1. The lowest BCUT2D eigenvalue weighted by Gasteiger charge is -2.23. The van der Waals surface area contributed by atoms with Crippen LogP contribution in [0.15, 0.2) is 42.5 Å². The zero-order chi connectivity index (χ0) is 19.6. The minimum absolute atomic E-state index is 0.0450. The van der Waals surface area contributed by atoms with Crippen molar-refractivity contribution in [1.82, 2.24) is 5.32 Å². The summed E-state index contributed by atoms with van der Waals surface area (Å²) in [6.07, 6.45) is 0.689. The van der Waals surface area contributed by atoms with Gasteiger partial charge in [0.1, 0.15) is 0 Å². The number of carbonyl (C=O) groups is 2. The summed E-state index contributed by atoms with van der Waals surface area (Å²) in [7, 11) is 0. The Kier molecular flexibility index (Phi) is 5.41. The van der Waals surface area contributed by atoms with Gasteiger partial charge in [0.15, 0.2) is 0 Å². The van der Waals surface area contributed by atoms with Crippen molar-refractivity contribution in [3.63, 3.8) is 0 Å². The number of carbonyl (C=O) groups excluding carboxylic acids is 2. The molecule has 0 fully saturated rings. The molecule has 140 valence electrons. The van der Waals surface area contributed by atoms with Crippen LogP contribution in [0.3, 0.4) is 0 Å². The van der Waals surface area contributed by atoms with Crippen molar-refractivity contribution in [2.24, 2.45) is 0 Å². The van der Waals surface area contributed by atoms with Gasteiger partial charge < -0.3 is 10.2 Å². The van der Waals surface area contributed by atoms with Gasteiger partial charge in [-0.25, -0.2) is 0 Å². The van der Waals surface area contributed by atoms with E-state index in [2.05, 4.69) is 5.32 Å². The van der Waals surface area contributed by atoms with Crippen LogP contribution in [0.4, 0.5) is 11.4 Å². The van der Waals surface area contributed by atoms with Gasteiger partial charge in [0.2, 0.25) is 11.8 Å². The Morgan fingerprint density at radius 2 is 1.96 bits per heavy atom. The van der Waals surface area contributed by atoms with Gasteiger partial charge in [0, 0.05) is 30.6 Å². The van der Waals surface area contributed by atoms with Crippen LogP contribution in [-0.4, -0.2) is 23.3 Å². The smallest absolute Gasteiger partial charge is 0.271 e. The number of nitrogens with one attached hydrogen (secondary N) is 1. The molecule has 1 unspecified atom stereocenters. The Bertz CT molecular complexity index is 898. The monoisotopic (exact) mass is 387 g/mol. The lowest BCUT2D eigenvalue weighted by molar-refractivity contribution is -0.384. The molecule has 2 amide bonds. The van der Waals surface area contributed by atoms with Crippen molar-refractivity contribution < 1.29 is 14.5 Å². The number of fused-ring (bicyclic) bond motifs is 1. The fourth-order valence-electron chi connectivity index (χ4n) is 3.22. The van der Waals surface area contributed by atoms with E-state index in [0.29, 0.717) is 23.7 Å². The molecule has 27 heavy (non-hydrogen) atoms. The summed E-state index contributed by atoms with van der Waals surface area (Å²) in [5, 5.41) is 14.4. The van der Waals surface area contributed by atoms with Crippen LogP contribution in [-0.2, 0) is 16.0 Å². The Labute approximate surface area is 161 Å². The highest BCUT2D eigenvalue weighted by Gasteiger charge is 2.29. The van der Waals surface area contributed by atoms with Crippen LogP contribution in [0.5, 0.6) is 0 Å². The third-order valence-electron chi connectivity index (χ3n) is 4.50. The van der Waals surface area contributed by atoms with Crippen molar-refractivity contribution >= 4 is 34.8 Å². The van der Waals surface area contributed by atoms with E-state index in [0.717, 1.165) is 11.1 Å². The zero-order valence-corrected chi connectivity index (χ0v) is 15.4. The van der Waals surface area contributed by atoms with Crippen molar-refractivity contribution in [2.45, 2.75) is 25.8 Å². The second kappa shape index (κ2) is 7.75. The van der Waals surface area contributed by atoms with Gasteiger partial charge in [-0.2, -0.15) is 0 Å². The van der Waals surface area contributed by atoms with E-state index in [1.807, 2.05) is 0 Å². The maximum absolute atomic E-state index is 12.9. The fourth-order valence-corrected chi connectivity index (χ4v) is 3.34. The zero-order valence-electron chi connectivity index (χ0n) is 14.6. The molecule has 7 nitrogen and oxygen atoms in total. The highest BCUT2D eigenvalue weighted by molar-refractivity contribution is 6.30. The molecule has 2 aromatic rings. The number of benzene rings is 2. The average molecular weight is 388 g/mol. The van der Waals surface area contributed by atoms with E-state index in [1.54, 1.807) is 35.2 Å². The predicted octanol–water partition coefficient (Wildman–Crippen LogP) is 3.40. The summed E-state index contributed by atoms with van der Waals surface area (Å²) in [5.74, 6) is -0.455. The summed E-state index contributed by atoms with van der Waals surface area (Å²) in [5.41, 5.74) is 2.18. The topological polar surface area (TPSA) is 92.6 Å². The van der Waals surface area contributed by atoms with Crippen molar-refractivity contribution in [3.8, 4) is 0 Å². The first-order valence-electron chi connectivity index (χ1n) is 8.45. The van der Waals surface area contributed by atoms with E-state index >= 15 is 0 Å². The minimum atomic E-state index is -0.505. The second-order valence-electron chi connectivity index (χ2n) is 6.37. The quantitative estimate of drug-likeness (QED) is 0.628. The number of halogens is 1. The molecule has 0 bridgehead atoms. The first kappa shape index (κ1) is 18.8. The number of nitrogens with zero attached hydrogens (tertiary/aromatic N) is 2. The van der Waals surface area contributed by atoms with Gasteiger partial charge in [-0.15, -0.1) is 0 Å². The highest BCUT2D eigenvalue weighted by Crippen LogP contribution is 2.33. The first-order valence-corrected chi connectivity index (χ1v) is 8.83. The van der Waals surface area contributed by atoms with Crippen LogP contribution < -0.4 is 10.2 Å². The van der Waals surface area contributed by atoms with Gasteiger partial charge in [-0.1, -0.05) is 29.8 Å². The molecule has 1 atom stereocenters. The lowest BCUT2D eigenvalue weighted by Crippen LogP contribution is -2.35. The maximum Gasteiger partial charge on any atom is 0.271 e. The number of amides is 2. The number of anilines is 1. The van der Waals surface area contributed by atoms with Gasteiger partial charge in [-0.05, 0) is 29.7 Å². The van der Waals surface area contributed by atoms with Crippen LogP contribution in [0.25, 0.3) is 0 Å². The van der Waals surface area contributed by atoms with Crippen LogP contribution in [0.2, 0.25) is 5.02 Å². The average Bonchev–Trinajstić information content (AvgIpc) is 3.04. The van der Waals surface area contributed by atoms with Gasteiger partial charge in [-0.3, -0.25) is 19.7 Å². The van der Waals surface area contributed by atoms with Crippen molar-refractivity contribution in [1.29, 1.82) is 0 Å². The standard InChI is InChI=1S/C19H18ClN3O4/c1-12(24)21-17(13-2-5-15(20)6-3-13)11-19(25)22-9-8-14-4-7-16(23(26)27)10-18(14)22/h2-7,10,17H,8-9,11H2,1H3,(H,21,24). The van der Waals surface area contributed by atoms with Crippen LogP contribution in [0.1, 0.15) is 30.5 Å². The van der Waals surface area contributed by atoms with Gasteiger partial charge >= 0.3 is 0 Å². The van der Waals surface area contributed by atoms with Crippen molar-refractivity contribution in [2.75, 3.05) is 11.4 Å². The molecule has 0 spiro atoms. The van der Waals surface area contributed by atoms with E-state index in [4.69, 9.17) is 11.6 Å². The predicted molar refractivity (Wildman–Crippen MR) is 102 cm³/mol. The number of hydrogen-bond acceptors (Lipinski definition) is 4. The Balaban J connectivity index is 1.83. The molecule has 1 heterocycles. The molecule has 1 N–H and O–H groups in total. The minimum Gasteiger partial charge on any atom is -0.349 e. The van der Waals surface area contributed by atoms with Crippen LogP contribution in [0, 0.1) is 10.1 Å². The summed E-state index contributed by atoms with van der Waals surface area (Å²) in [4.78, 5) is 36.6. The van der Waals surface area contributed by atoms with Gasteiger partial charge in [0.25, 0.3) is 5.69 Å². The first-order chi connectivity index (χ1) is 12.8. The molecular weight excluding hydrogens is 370 g/mol. The summed E-state index contributed by atoms with van der Waals surface area (Å²) in [6.45, 7) is 1.85. The lowest BCUT2D eigenvalue weighted by atomic mass is 10.0. The van der Waals surface area contributed by atoms with E-state index in [-0.39, 0.29) is 23.9 Å². The molecule has 0 aromatic heterocycles. The largest absolute Gasteiger partial charge is 0.349 e.